The Hall–Kier alpha value is -2.44. The highest BCUT2D eigenvalue weighted by molar-refractivity contribution is 5.85. The number of hydrogen-bond donors (Lipinski definition) is 1. The zero-order valence-electron chi connectivity index (χ0n) is 17.1. The zero-order chi connectivity index (χ0) is 19.7. The molecule has 0 saturated carbocycles. The number of nitrogens with zero attached hydrogens (tertiary/aromatic N) is 5. The average Bonchev–Trinajstić information content (AvgIpc) is 3.20. The van der Waals surface area contributed by atoms with E-state index in [0.717, 1.165) is 37.3 Å². The van der Waals surface area contributed by atoms with Crippen LogP contribution >= 0.6 is 12.4 Å². The number of fused-ring (bicyclic) bond motifs is 1. The summed E-state index contributed by atoms with van der Waals surface area (Å²) in [7, 11) is 0. The van der Waals surface area contributed by atoms with Crippen LogP contribution in [0.5, 0.6) is 5.75 Å². The smallest absolute Gasteiger partial charge is 0.173 e. The van der Waals surface area contributed by atoms with Crippen LogP contribution in [0.15, 0.2) is 48.5 Å². The van der Waals surface area contributed by atoms with Crippen LogP contribution in [0.25, 0.3) is 0 Å². The van der Waals surface area contributed by atoms with Crippen molar-refractivity contribution in [1.82, 2.24) is 25.1 Å². The molecule has 1 N–H and O–H groups in total. The van der Waals surface area contributed by atoms with Crippen LogP contribution in [0, 0.1) is 0 Å². The normalized spacial score (nSPS) is 15.4. The Bertz CT molecular complexity index is 954. The maximum atomic E-state index is 9.77. The van der Waals surface area contributed by atoms with E-state index in [1.807, 2.05) is 16.8 Å². The number of aromatic nitrogens is 4. The lowest BCUT2D eigenvalue weighted by molar-refractivity contribution is 0.181. The van der Waals surface area contributed by atoms with Gasteiger partial charge in [-0.25, -0.2) is 4.68 Å². The summed E-state index contributed by atoms with van der Waals surface area (Å²) in [6.45, 7) is 8.25. The predicted octanol–water partition coefficient (Wildman–Crippen LogP) is 4.09. The maximum absolute atomic E-state index is 9.77. The number of phenols is 1. The number of hydrogen-bond acceptors (Lipinski definition) is 5. The summed E-state index contributed by atoms with van der Waals surface area (Å²) in [5.41, 5.74) is 3.67. The lowest BCUT2D eigenvalue weighted by Gasteiger charge is -2.36. The first-order valence-corrected chi connectivity index (χ1v) is 9.88. The van der Waals surface area contributed by atoms with Crippen molar-refractivity contribution >= 4 is 12.4 Å². The average molecular weight is 414 g/mol. The molecular formula is C22H28ClN5O. The summed E-state index contributed by atoms with van der Waals surface area (Å²) in [5, 5.41) is 22.6. The molecule has 6 nitrogen and oxygen atoms in total. The van der Waals surface area contributed by atoms with E-state index in [2.05, 4.69) is 65.5 Å². The predicted molar refractivity (Wildman–Crippen MR) is 115 cm³/mol. The molecule has 0 spiro atoms. The van der Waals surface area contributed by atoms with E-state index in [4.69, 9.17) is 0 Å². The number of benzene rings is 2. The topological polar surface area (TPSA) is 67.1 Å². The van der Waals surface area contributed by atoms with Crippen molar-refractivity contribution in [3.05, 3.63) is 71.0 Å². The number of rotatable bonds is 5. The van der Waals surface area contributed by atoms with E-state index in [-0.39, 0.29) is 29.7 Å². The third-order valence-electron chi connectivity index (χ3n) is 5.91. The van der Waals surface area contributed by atoms with E-state index in [9.17, 15) is 5.11 Å². The molecule has 154 valence electrons. The number of tetrazole rings is 1. The molecule has 29 heavy (non-hydrogen) atoms. The molecule has 0 amide bonds. The summed E-state index contributed by atoms with van der Waals surface area (Å²) >= 11 is 0. The van der Waals surface area contributed by atoms with Crippen molar-refractivity contribution in [3.63, 3.8) is 0 Å². The fourth-order valence-corrected chi connectivity index (χ4v) is 3.86. The highest BCUT2D eigenvalue weighted by Gasteiger charge is 2.33. The van der Waals surface area contributed by atoms with Gasteiger partial charge in [0.2, 0.25) is 0 Å². The van der Waals surface area contributed by atoms with Gasteiger partial charge < -0.3 is 5.11 Å². The molecule has 0 bridgehead atoms. The fourth-order valence-electron chi connectivity index (χ4n) is 3.86. The van der Waals surface area contributed by atoms with Gasteiger partial charge >= 0.3 is 0 Å². The van der Waals surface area contributed by atoms with Gasteiger partial charge in [-0.05, 0) is 65.9 Å². The molecule has 2 heterocycles. The maximum Gasteiger partial charge on any atom is 0.173 e. The van der Waals surface area contributed by atoms with Crippen molar-refractivity contribution < 1.29 is 5.11 Å². The van der Waals surface area contributed by atoms with Gasteiger partial charge in [0, 0.05) is 13.1 Å². The molecule has 4 rings (SSSR count). The van der Waals surface area contributed by atoms with E-state index in [1.54, 1.807) is 12.1 Å². The Morgan fingerprint density at radius 3 is 2.45 bits per heavy atom. The minimum atomic E-state index is -0.179. The van der Waals surface area contributed by atoms with E-state index in [0.29, 0.717) is 0 Å². The number of aromatic hydroxyl groups is 1. The summed E-state index contributed by atoms with van der Waals surface area (Å²) < 4.78 is 1.96. The molecular weight excluding hydrogens is 386 g/mol. The largest absolute Gasteiger partial charge is 0.508 e. The van der Waals surface area contributed by atoms with Gasteiger partial charge in [-0.2, -0.15) is 0 Å². The Morgan fingerprint density at radius 1 is 1.07 bits per heavy atom. The SMILES string of the molecule is CCC(C)(C)n1nnnc1C(c1ccc(O)cc1)N1CCc2ccccc2C1.Cl. The lowest BCUT2D eigenvalue weighted by atomic mass is 9.95. The Labute approximate surface area is 178 Å². The number of phenolic OH excluding ortho intramolecular Hbond substituents is 1. The highest BCUT2D eigenvalue weighted by Crippen LogP contribution is 2.34. The van der Waals surface area contributed by atoms with Crippen molar-refractivity contribution in [2.75, 3.05) is 6.54 Å². The molecule has 2 aromatic carbocycles. The second kappa shape index (κ2) is 8.51. The molecule has 1 aromatic heterocycles. The lowest BCUT2D eigenvalue weighted by Crippen LogP contribution is -2.38. The molecule has 1 aliphatic rings. The summed E-state index contributed by atoms with van der Waals surface area (Å²) in [4.78, 5) is 2.43. The van der Waals surface area contributed by atoms with Crippen LogP contribution < -0.4 is 0 Å². The van der Waals surface area contributed by atoms with Gasteiger partial charge in [-0.15, -0.1) is 17.5 Å². The quantitative estimate of drug-likeness (QED) is 0.682. The molecule has 7 heteroatoms. The molecule has 1 unspecified atom stereocenters. The van der Waals surface area contributed by atoms with E-state index < -0.39 is 0 Å². The van der Waals surface area contributed by atoms with Gasteiger partial charge in [0.15, 0.2) is 5.82 Å². The molecule has 0 aliphatic carbocycles. The summed E-state index contributed by atoms with van der Waals surface area (Å²) in [6.07, 6.45) is 1.93. The second-order valence-corrected chi connectivity index (χ2v) is 8.10. The van der Waals surface area contributed by atoms with Gasteiger partial charge in [0.05, 0.1) is 11.6 Å². The van der Waals surface area contributed by atoms with Crippen LogP contribution in [0.3, 0.4) is 0 Å². The molecule has 1 aliphatic heterocycles. The third-order valence-corrected chi connectivity index (χ3v) is 5.91. The minimum Gasteiger partial charge on any atom is -0.508 e. The minimum absolute atomic E-state index is 0. The van der Waals surface area contributed by atoms with Crippen LogP contribution in [0.2, 0.25) is 0 Å². The molecule has 0 radical (unpaired) electrons. The molecule has 0 saturated heterocycles. The molecule has 1 atom stereocenters. The Balaban J connectivity index is 0.00000240. The number of halogens is 1. The van der Waals surface area contributed by atoms with E-state index >= 15 is 0 Å². The first kappa shape index (κ1) is 21.3. The van der Waals surface area contributed by atoms with Crippen molar-refractivity contribution in [2.24, 2.45) is 0 Å². The van der Waals surface area contributed by atoms with Crippen LogP contribution in [-0.4, -0.2) is 36.8 Å². The van der Waals surface area contributed by atoms with Crippen LogP contribution in [-0.2, 0) is 18.5 Å². The first-order valence-electron chi connectivity index (χ1n) is 9.88. The highest BCUT2D eigenvalue weighted by atomic mass is 35.5. The van der Waals surface area contributed by atoms with Crippen molar-refractivity contribution in [2.45, 2.75) is 51.7 Å². The van der Waals surface area contributed by atoms with Gasteiger partial charge in [0.1, 0.15) is 5.75 Å². The van der Waals surface area contributed by atoms with Crippen molar-refractivity contribution in [3.8, 4) is 5.75 Å². The van der Waals surface area contributed by atoms with Crippen molar-refractivity contribution in [1.29, 1.82) is 0 Å². The second-order valence-electron chi connectivity index (χ2n) is 8.10. The fraction of sp³-hybridized carbons (Fsp3) is 0.409. The molecule has 0 fully saturated rings. The first-order chi connectivity index (χ1) is 13.5. The van der Waals surface area contributed by atoms with Gasteiger partial charge in [-0.3, -0.25) is 4.90 Å². The van der Waals surface area contributed by atoms with Crippen LogP contribution in [0.4, 0.5) is 0 Å². The van der Waals surface area contributed by atoms with Gasteiger partial charge in [0.25, 0.3) is 0 Å². The Kier molecular flexibility index (Phi) is 6.24. The molecule has 3 aromatic rings. The van der Waals surface area contributed by atoms with E-state index in [1.165, 1.54) is 11.1 Å². The summed E-state index contributed by atoms with van der Waals surface area (Å²) in [6, 6.07) is 16.0. The van der Waals surface area contributed by atoms with Gasteiger partial charge in [-0.1, -0.05) is 43.3 Å². The third kappa shape index (κ3) is 4.14. The monoisotopic (exact) mass is 413 g/mol. The Morgan fingerprint density at radius 2 is 1.76 bits per heavy atom. The summed E-state index contributed by atoms with van der Waals surface area (Å²) in [5.74, 6) is 1.11. The zero-order valence-corrected chi connectivity index (χ0v) is 17.9. The van der Waals surface area contributed by atoms with Crippen LogP contribution in [0.1, 0.15) is 55.7 Å². The standard InChI is InChI=1S/C22H27N5O.ClH/c1-4-22(2,3)27-21(23-24-25-27)20(17-9-11-19(28)12-10-17)26-14-13-16-7-5-6-8-18(16)15-26;/h5-12,20,28H,4,13-15H2,1-3H3;1H.